The molecular formula is C65H125NO8. The van der Waals surface area contributed by atoms with Crippen molar-refractivity contribution >= 4 is 5.91 Å². The smallest absolute Gasteiger partial charge is 0.220 e. The van der Waals surface area contributed by atoms with Crippen LogP contribution in [-0.2, 0) is 14.3 Å². The van der Waals surface area contributed by atoms with E-state index in [1.165, 1.54) is 257 Å². The monoisotopic (exact) mass is 1050 g/mol. The van der Waals surface area contributed by atoms with Crippen LogP contribution in [0.25, 0.3) is 0 Å². The third kappa shape index (κ3) is 43.6. The zero-order valence-electron chi connectivity index (χ0n) is 48.9. The van der Waals surface area contributed by atoms with Crippen molar-refractivity contribution in [3.63, 3.8) is 0 Å². The minimum absolute atomic E-state index is 0.133. The Balaban J connectivity index is 2.12. The Morgan fingerprint density at radius 2 is 0.797 bits per heavy atom. The van der Waals surface area contributed by atoms with Crippen LogP contribution in [0.2, 0.25) is 0 Å². The van der Waals surface area contributed by atoms with Gasteiger partial charge in [0.2, 0.25) is 5.91 Å². The number of nitrogens with one attached hydrogen (secondary N) is 1. The Kier molecular flexibility index (Phi) is 52.5. The molecule has 0 aromatic rings. The average Bonchev–Trinajstić information content (AvgIpc) is 3.40. The molecule has 6 N–H and O–H groups in total. The summed E-state index contributed by atoms with van der Waals surface area (Å²) in [4.78, 5) is 13.1. The molecule has 74 heavy (non-hydrogen) atoms. The van der Waals surface area contributed by atoms with E-state index in [2.05, 4.69) is 43.5 Å². The van der Waals surface area contributed by atoms with Crippen molar-refractivity contribution in [2.24, 2.45) is 0 Å². The molecule has 1 aliphatic rings. The molecule has 1 rings (SSSR count). The zero-order chi connectivity index (χ0) is 53.6. The van der Waals surface area contributed by atoms with Crippen LogP contribution in [-0.4, -0.2) is 87.5 Å². The number of amides is 1. The first-order valence-corrected chi connectivity index (χ1v) is 32.5. The minimum atomic E-state index is -1.55. The molecule has 9 heteroatoms. The molecule has 1 aliphatic heterocycles. The Morgan fingerprint density at radius 3 is 1.16 bits per heavy atom. The fourth-order valence-electron chi connectivity index (χ4n) is 10.7. The molecule has 0 aromatic heterocycles. The second-order valence-corrected chi connectivity index (χ2v) is 22.9. The Bertz CT molecular complexity index is 1210. The molecular weight excluding hydrogens is 923 g/mol. The topological polar surface area (TPSA) is 149 Å². The number of hydrogen-bond acceptors (Lipinski definition) is 8. The fourth-order valence-corrected chi connectivity index (χ4v) is 10.7. The Hall–Kier alpha value is -1.33. The molecule has 1 heterocycles. The maximum Gasteiger partial charge on any atom is 0.220 e. The van der Waals surface area contributed by atoms with Crippen molar-refractivity contribution < 1.29 is 39.8 Å². The first-order chi connectivity index (χ1) is 36.3. The molecule has 0 spiro atoms. The Labute approximate surface area is 458 Å². The summed E-state index contributed by atoms with van der Waals surface area (Å²) in [5, 5.41) is 54.8. The van der Waals surface area contributed by atoms with Gasteiger partial charge in [-0.2, -0.15) is 0 Å². The lowest BCUT2D eigenvalue weighted by Crippen LogP contribution is -2.60. The van der Waals surface area contributed by atoms with Crippen LogP contribution >= 0.6 is 0 Å². The van der Waals surface area contributed by atoms with Gasteiger partial charge < -0.3 is 40.3 Å². The molecule has 7 atom stereocenters. The van der Waals surface area contributed by atoms with Crippen molar-refractivity contribution in [2.75, 3.05) is 13.2 Å². The van der Waals surface area contributed by atoms with E-state index in [1.807, 2.05) is 0 Å². The predicted octanol–water partition coefficient (Wildman–Crippen LogP) is 16.9. The van der Waals surface area contributed by atoms with Crippen LogP contribution in [0.3, 0.4) is 0 Å². The molecule has 0 radical (unpaired) electrons. The summed E-state index contributed by atoms with van der Waals surface area (Å²) < 4.78 is 11.3. The maximum absolute atomic E-state index is 13.1. The summed E-state index contributed by atoms with van der Waals surface area (Å²) in [5.74, 6) is -0.137. The summed E-state index contributed by atoms with van der Waals surface area (Å²) >= 11 is 0. The number of aliphatic hydroxyl groups excluding tert-OH is 5. The van der Waals surface area contributed by atoms with E-state index in [1.54, 1.807) is 0 Å². The van der Waals surface area contributed by atoms with Gasteiger partial charge in [0.25, 0.3) is 0 Å². The second kappa shape index (κ2) is 55.0. The molecule has 0 saturated carbocycles. The van der Waals surface area contributed by atoms with Crippen LogP contribution in [0.4, 0.5) is 0 Å². The van der Waals surface area contributed by atoms with Crippen LogP contribution < -0.4 is 5.32 Å². The standard InChI is InChI=1S/C65H125NO8/c1-3-5-7-9-11-13-15-17-19-21-23-25-26-27-28-29-30-31-32-33-34-35-37-39-41-43-45-47-49-51-53-55-61(69)66-58(57-73-65-64(72)63(71)62(70)60(56-67)74-65)59(68)54-52-50-48-46-44-42-40-38-36-24-22-20-18-16-14-12-10-8-6-4-2/h15,17,21,23,58-60,62-65,67-68,70-72H,3-14,16,18-20,22,24-57H2,1-2H3,(H,66,69)/b17-15-,23-21-. The number of allylic oxidation sites excluding steroid dienone is 4. The van der Waals surface area contributed by atoms with Crippen molar-refractivity contribution in [2.45, 2.75) is 371 Å². The Morgan fingerprint density at radius 1 is 0.459 bits per heavy atom. The second-order valence-electron chi connectivity index (χ2n) is 22.9. The average molecular weight is 1050 g/mol. The molecule has 0 aromatic carbocycles. The van der Waals surface area contributed by atoms with E-state index in [9.17, 15) is 30.3 Å². The van der Waals surface area contributed by atoms with Gasteiger partial charge in [0.1, 0.15) is 24.4 Å². The lowest BCUT2D eigenvalue weighted by molar-refractivity contribution is -0.302. The van der Waals surface area contributed by atoms with Crippen LogP contribution in [0.5, 0.6) is 0 Å². The van der Waals surface area contributed by atoms with Gasteiger partial charge in [0.15, 0.2) is 6.29 Å². The van der Waals surface area contributed by atoms with Gasteiger partial charge in [-0.05, 0) is 44.9 Å². The summed E-state index contributed by atoms with van der Waals surface area (Å²) in [5.41, 5.74) is 0. The summed E-state index contributed by atoms with van der Waals surface area (Å²) in [6, 6.07) is -0.717. The number of rotatable bonds is 57. The molecule has 1 fully saturated rings. The number of carbonyl (C=O) groups is 1. The molecule has 1 amide bonds. The van der Waals surface area contributed by atoms with Gasteiger partial charge >= 0.3 is 0 Å². The SMILES string of the molecule is CCCCCCC/C=C\C/C=C\CCCCCCCCCCCCCCCCCCCCCC(=O)NC(COC1OC(CO)C(O)C(O)C1O)C(O)CCCCCCCCCCCCCCCCCCCCCC. The van der Waals surface area contributed by atoms with Gasteiger partial charge in [-0.15, -0.1) is 0 Å². The first-order valence-electron chi connectivity index (χ1n) is 32.5. The van der Waals surface area contributed by atoms with Crippen molar-refractivity contribution in [1.82, 2.24) is 5.32 Å². The van der Waals surface area contributed by atoms with E-state index in [4.69, 9.17) is 9.47 Å². The van der Waals surface area contributed by atoms with Gasteiger partial charge in [-0.3, -0.25) is 4.79 Å². The number of unbranched alkanes of at least 4 members (excludes halogenated alkanes) is 43. The number of hydrogen-bond donors (Lipinski definition) is 6. The number of aliphatic hydroxyl groups is 5. The molecule has 438 valence electrons. The highest BCUT2D eigenvalue weighted by atomic mass is 16.7. The third-order valence-electron chi connectivity index (χ3n) is 15.8. The summed E-state index contributed by atoms with van der Waals surface area (Å²) in [6.07, 6.45) is 63.7. The molecule has 1 saturated heterocycles. The molecule has 7 unspecified atom stereocenters. The first kappa shape index (κ1) is 70.7. The van der Waals surface area contributed by atoms with Gasteiger partial charge in [0, 0.05) is 6.42 Å². The van der Waals surface area contributed by atoms with E-state index in [0.29, 0.717) is 12.8 Å². The lowest BCUT2D eigenvalue weighted by Gasteiger charge is -2.40. The minimum Gasteiger partial charge on any atom is -0.394 e. The highest BCUT2D eigenvalue weighted by molar-refractivity contribution is 5.76. The van der Waals surface area contributed by atoms with Gasteiger partial charge in [-0.1, -0.05) is 301 Å². The summed E-state index contributed by atoms with van der Waals surface area (Å²) in [7, 11) is 0. The van der Waals surface area contributed by atoms with Crippen molar-refractivity contribution in [3.8, 4) is 0 Å². The molecule has 9 nitrogen and oxygen atoms in total. The number of carbonyl (C=O) groups excluding carboxylic acids is 1. The molecule has 0 aliphatic carbocycles. The highest BCUT2D eigenvalue weighted by Crippen LogP contribution is 2.24. The van der Waals surface area contributed by atoms with Gasteiger partial charge in [0.05, 0.1) is 25.4 Å². The fraction of sp³-hybridized carbons (Fsp3) is 0.923. The van der Waals surface area contributed by atoms with E-state index >= 15 is 0 Å². The van der Waals surface area contributed by atoms with Crippen molar-refractivity contribution in [1.29, 1.82) is 0 Å². The quantitative estimate of drug-likeness (QED) is 0.0261. The van der Waals surface area contributed by atoms with E-state index in [0.717, 1.165) is 44.9 Å². The van der Waals surface area contributed by atoms with Crippen LogP contribution in [0.15, 0.2) is 24.3 Å². The molecule has 0 bridgehead atoms. The zero-order valence-corrected chi connectivity index (χ0v) is 48.9. The largest absolute Gasteiger partial charge is 0.394 e. The van der Waals surface area contributed by atoms with Crippen molar-refractivity contribution in [3.05, 3.63) is 24.3 Å². The third-order valence-corrected chi connectivity index (χ3v) is 15.8. The highest BCUT2D eigenvalue weighted by Gasteiger charge is 2.44. The van der Waals surface area contributed by atoms with Crippen LogP contribution in [0, 0.1) is 0 Å². The van der Waals surface area contributed by atoms with Gasteiger partial charge in [-0.25, -0.2) is 0 Å². The van der Waals surface area contributed by atoms with E-state index < -0.39 is 49.5 Å². The number of ether oxygens (including phenoxy) is 2. The maximum atomic E-state index is 13.1. The summed E-state index contributed by atoms with van der Waals surface area (Å²) in [6.45, 7) is 3.87. The predicted molar refractivity (Wildman–Crippen MR) is 314 cm³/mol. The lowest BCUT2D eigenvalue weighted by atomic mass is 9.99. The van der Waals surface area contributed by atoms with Crippen LogP contribution in [0.1, 0.15) is 328 Å². The van der Waals surface area contributed by atoms with E-state index in [-0.39, 0.29) is 12.5 Å². The normalized spacial score (nSPS) is 19.0.